The van der Waals surface area contributed by atoms with E-state index < -0.39 is 0 Å². The monoisotopic (exact) mass is 223 g/mol. The minimum absolute atomic E-state index is 0.425. The normalized spacial score (nSPS) is 18.9. The average molecular weight is 223 g/mol. The van der Waals surface area contributed by atoms with Crippen molar-refractivity contribution in [3.8, 4) is 12.3 Å². The molecule has 0 unspecified atom stereocenters. The van der Waals surface area contributed by atoms with Crippen LogP contribution in [0.1, 0.15) is 26.2 Å². The molecule has 1 rings (SSSR count). The molecule has 92 valence electrons. The second-order valence-corrected chi connectivity index (χ2v) is 4.66. The zero-order valence-corrected chi connectivity index (χ0v) is 10.5. The summed E-state index contributed by atoms with van der Waals surface area (Å²) in [4.78, 5) is 4.86. The second-order valence-electron chi connectivity index (χ2n) is 4.66. The van der Waals surface area contributed by atoms with Crippen molar-refractivity contribution >= 4 is 0 Å². The lowest BCUT2D eigenvalue weighted by Gasteiger charge is -2.31. The summed E-state index contributed by atoms with van der Waals surface area (Å²) in [5.41, 5.74) is 5.88. The van der Waals surface area contributed by atoms with Gasteiger partial charge in [-0.05, 0) is 38.9 Å². The van der Waals surface area contributed by atoms with Crippen LogP contribution in [0, 0.1) is 12.3 Å². The van der Waals surface area contributed by atoms with Crippen molar-refractivity contribution in [1.29, 1.82) is 0 Å². The fraction of sp³-hybridized carbons (Fsp3) is 0.846. The van der Waals surface area contributed by atoms with Gasteiger partial charge in [0.05, 0.1) is 6.54 Å². The van der Waals surface area contributed by atoms with E-state index in [1.54, 1.807) is 0 Å². The van der Waals surface area contributed by atoms with Gasteiger partial charge in [-0.3, -0.25) is 4.90 Å². The van der Waals surface area contributed by atoms with Crippen LogP contribution >= 0.6 is 0 Å². The third kappa shape index (κ3) is 4.98. The summed E-state index contributed by atoms with van der Waals surface area (Å²) >= 11 is 0. The number of hydrogen-bond donors (Lipinski definition) is 1. The lowest BCUT2D eigenvalue weighted by Crippen LogP contribution is -2.43. The summed E-state index contributed by atoms with van der Waals surface area (Å²) in [5, 5.41) is 0. The number of piperidine rings is 1. The fourth-order valence-corrected chi connectivity index (χ4v) is 2.17. The van der Waals surface area contributed by atoms with Gasteiger partial charge in [0.25, 0.3) is 0 Å². The number of hydrogen-bond acceptors (Lipinski definition) is 3. The van der Waals surface area contributed by atoms with Gasteiger partial charge in [-0.25, -0.2) is 0 Å². The van der Waals surface area contributed by atoms with Gasteiger partial charge >= 0.3 is 0 Å². The summed E-state index contributed by atoms with van der Waals surface area (Å²) in [6.45, 7) is 8.61. The van der Waals surface area contributed by atoms with Crippen molar-refractivity contribution in [2.24, 2.45) is 5.73 Å². The number of nitrogens with two attached hydrogens (primary N) is 1. The van der Waals surface area contributed by atoms with Gasteiger partial charge in [-0.1, -0.05) is 12.8 Å². The molecule has 0 saturated carbocycles. The molecule has 3 nitrogen and oxygen atoms in total. The molecule has 1 aliphatic rings. The van der Waals surface area contributed by atoms with E-state index in [1.165, 1.54) is 6.42 Å². The van der Waals surface area contributed by atoms with Crippen LogP contribution < -0.4 is 5.73 Å². The van der Waals surface area contributed by atoms with E-state index in [1.807, 2.05) is 0 Å². The van der Waals surface area contributed by atoms with Gasteiger partial charge in [-0.2, -0.15) is 0 Å². The quantitative estimate of drug-likeness (QED) is 0.675. The zero-order chi connectivity index (χ0) is 11.8. The van der Waals surface area contributed by atoms with Crippen LogP contribution in [-0.2, 0) is 0 Å². The molecule has 0 aromatic carbocycles. The highest BCUT2D eigenvalue weighted by Crippen LogP contribution is 2.07. The Kier molecular flexibility index (Phi) is 6.47. The molecule has 0 amide bonds. The smallest absolute Gasteiger partial charge is 0.0599 e. The van der Waals surface area contributed by atoms with Crippen LogP contribution in [0.25, 0.3) is 0 Å². The first-order valence-electron chi connectivity index (χ1n) is 6.40. The lowest BCUT2D eigenvalue weighted by molar-refractivity contribution is 0.180. The first-order chi connectivity index (χ1) is 7.76. The Labute approximate surface area is 100.0 Å². The predicted molar refractivity (Wildman–Crippen MR) is 69.2 cm³/mol. The Morgan fingerprint density at radius 3 is 2.62 bits per heavy atom. The van der Waals surface area contributed by atoms with E-state index in [0.29, 0.717) is 6.04 Å². The number of nitrogens with zero attached hydrogens (tertiary/aromatic N) is 2. The molecule has 1 aliphatic heterocycles. The largest absolute Gasteiger partial charge is 0.328 e. The molecular weight excluding hydrogens is 198 g/mol. The molecule has 1 saturated heterocycles. The van der Waals surface area contributed by atoms with E-state index in [4.69, 9.17) is 12.2 Å². The summed E-state index contributed by atoms with van der Waals surface area (Å²) in [7, 11) is 0. The van der Waals surface area contributed by atoms with Gasteiger partial charge in [-0.15, -0.1) is 6.42 Å². The molecule has 0 aromatic rings. The maximum absolute atomic E-state index is 5.88. The van der Waals surface area contributed by atoms with Gasteiger partial charge in [0.1, 0.15) is 0 Å². The molecule has 2 N–H and O–H groups in total. The molecule has 0 radical (unpaired) electrons. The Morgan fingerprint density at radius 1 is 1.38 bits per heavy atom. The van der Waals surface area contributed by atoms with E-state index >= 15 is 0 Å². The number of likely N-dealkylation sites (tertiary alicyclic amines) is 1. The predicted octanol–water partition coefficient (Wildman–Crippen LogP) is 0.755. The molecular formula is C13H25N3. The lowest BCUT2D eigenvalue weighted by atomic mass is 10.1. The van der Waals surface area contributed by atoms with Gasteiger partial charge in [0.15, 0.2) is 0 Å². The van der Waals surface area contributed by atoms with Gasteiger partial charge < -0.3 is 10.6 Å². The Balaban J connectivity index is 2.18. The van der Waals surface area contributed by atoms with Crippen molar-refractivity contribution in [3.05, 3.63) is 0 Å². The highest BCUT2D eigenvalue weighted by Gasteiger charge is 2.16. The van der Waals surface area contributed by atoms with Crippen molar-refractivity contribution in [3.63, 3.8) is 0 Å². The van der Waals surface area contributed by atoms with Crippen LogP contribution in [-0.4, -0.2) is 55.1 Å². The molecule has 0 aromatic heterocycles. The zero-order valence-electron chi connectivity index (χ0n) is 10.5. The maximum atomic E-state index is 5.88. The summed E-state index contributed by atoms with van der Waals surface area (Å²) in [6.07, 6.45) is 8.82. The number of terminal acetylenes is 1. The van der Waals surface area contributed by atoms with Crippen LogP contribution in [0.2, 0.25) is 0 Å². The Morgan fingerprint density at radius 2 is 2.06 bits per heavy atom. The highest BCUT2D eigenvalue weighted by atomic mass is 15.2. The van der Waals surface area contributed by atoms with E-state index in [0.717, 1.165) is 52.1 Å². The van der Waals surface area contributed by atoms with Crippen molar-refractivity contribution in [2.45, 2.75) is 32.2 Å². The summed E-state index contributed by atoms with van der Waals surface area (Å²) in [5.74, 6) is 2.73. The van der Waals surface area contributed by atoms with Crippen LogP contribution in [0.5, 0.6) is 0 Å². The van der Waals surface area contributed by atoms with E-state index in [9.17, 15) is 0 Å². The molecule has 3 heteroatoms. The van der Waals surface area contributed by atoms with Crippen molar-refractivity contribution < 1.29 is 0 Å². The van der Waals surface area contributed by atoms with Crippen molar-refractivity contribution in [1.82, 2.24) is 9.80 Å². The molecule has 0 spiro atoms. The number of rotatable bonds is 6. The molecule has 0 bridgehead atoms. The topological polar surface area (TPSA) is 32.5 Å². The third-order valence-corrected chi connectivity index (χ3v) is 3.22. The van der Waals surface area contributed by atoms with Crippen LogP contribution in [0.15, 0.2) is 0 Å². The second kappa shape index (κ2) is 7.67. The molecule has 0 aliphatic carbocycles. The first kappa shape index (κ1) is 13.5. The van der Waals surface area contributed by atoms with E-state index in [2.05, 4.69) is 22.6 Å². The summed E-state index contributed by atoms with van der Waals surface area (Å²) < 4.78 is 0. The van der Waals surface area contributed by atoms with Crippen LogP contribution in [0.4, 0.5) is 0 Å². The Bertz CT molecular complexity index is 214. The van der Waals surface area contributed by atoms with Crippen molar-refractivity contribution in [2.75, 3.05) is 39.3 Å². The maximum Gasteiger partial charge on any atom is 0.0599 e. The van der Waals surface area contributed by atoms with E-state index in [-0.39, 0.29) is 0 Å². The van der Waals surface area contributed by atoms with Gasteiger partial charge in [0.2, 0.25) is 0 Å². The molecule has 1 fully saturated rings. The minimum atomic E-state index is 0.425. The Hall–Kier alpha value is -0.560. The highest BCUT2D eigenvalue weighted by molar-refractivity contribution is 4.88. The van der Waals surface area contributed by atoms with Gasteiger partial charge in [0, 0.05) is 19.1 Å². The average Bonchev–Trinajstić information content (AvgIpc) is 2.29. The molecule has 16 heavy (non-hydrogen) atoms. The SMILES string of the molecule is C#CCN(CCC)CCN1CCC(N)CC1. The fourth-order valence-electron chi connectivity index (χ4n) is 2.17. The first-order valence-corrected chi connectivity index (χ1v) is 6.40. The molecule has 0 atom stereocenters. The molecule has 1 heterocycles. The third-order valence-electron chi connectivity index (χ3n) is 3.22. The minimum Gasteiger partial charge on any atom is -0.328 e. The standard InChI is InChI=1S/C13H25N3/c1-3-7-15(8-4-2)11-12-16-9-5-13(14)6-10-16/h1,13H,4-12,14H2,2H3. The summed E-state index contributed by atoms with van der Waals surface area (Å²) in [6, 6.07) is 0.425. The van der Waals surface area contributed by atoms with Crippen LogP contribution in [0.3, 0.4) is 0 Å².